The summed E-state index contributed by atoms with van der Waals surface area (Å²) in [5.41, 5.74) is 2.85. The standard InChI is InChI=1S/C53H61NO11/c1-53(2,3)65-52(55)54-30-47(63-33-37-28-45(57-5)40-17-10-12-19-42(40)50(37)59-7)49(48(31-54)64-34-38-29-46(58-6)41-18-11-13-20-43(41)51(38)60-8)35-22-24-39(25-23-35)62-27-15-26-61-32-36-16-9-14-21-44(36)56-4/h9-14,16-25,28-29,47-49H,15,26-27,30-34H2,1-8H3. The summed E-state index contributed by atoms with van der Waals surface area (Å²) in [6, 6.07) is 35.7. The van der Waals surface area contributed by atoms with Gasteiger partial charge in [0.25, 0.3) is 0 Å². The molecule has 0 aliphatic carbocycles. The Morgan fingerprint density at radius 2 is 1.08 bits per heavy atom. The van der Waals surface area contributed by atoms with E-state index in [-0.39, 0.29) is 32.2 Å². The monoisotopic (exact) mass is 887 g/mol. The van der Waals surface area contributed by atoms with Crippen LogP contribution in [0.5, 0.6) is 34.5 Å². The zero-order chi connectivity index (χ0) is 45.9. The van der Waals surface area contributed by atoms with Gasteiger partial charge in [0.2, 0.25) is 0 Å². The van der Waals surface area contributed by atoms with Gasteiger partial charge in [0.15, 0.2) is 0 Å². The van der Waals surface area contributed by atoms with Crippen molar-refractivity contribution in [1.29, 1.82) is 0 Å². The molecule has 1 saturated heterocycles. The van der Waals surface area contributed by atoms with Gasteiger partial charge in [-0.25, -0.2) is 4.79 Å². The maximum Gasteiger partial charge on any atom is 0.410 e. The minimum absolute atomic E-state index is 0.163. The Morgan fingerprint density at radius 1 is 0.569 bits per heavy atom. The van der Waals surface area contributed by atoms with E-state index in [2.05, 4.69) is 0 Å². The Balaban J connectivity index is 1.18. The first-order valence-electron chi connectivity index (χ1n) is 21.9. The number of ether oxygens (including phenoxy) is 10. The Morgan fingerprint density at radius 3 is 1.58 bits per heavy atom. The summed E-state index contributed by atoms with van der Waals surface area (Å²) in [5, 5.41) is 3.67. The van der Waals surface area contributed by atoms with E-state index in [0.717, 1.165) is 55.3 Å². The van der Waals surface area contributed by atoms with Crippen molar-refractivity contribution < 1.29 is 52.2 Å². The first-order chi connectivity index (χ1) is 31.5. The average molecular weight is 888 g/mol. The first-order valence-corrected chi connectivity index (χ1v) is 21.9. The average Bonchev–Trinajstić information content (AvgIpc) is 3.32. The molecule has 1 aliphatic rings. The van der Waals surface area contributed by atoms with Crippen molar-refractivity contribution in [2.24, 2.45) is 0 Å². The van der Waals surface area contributed by atoms with Crippen LogP contribution in [0.15, 0.2) is 109 Å². The van der Waals surface area contributed by atoms with Gasteiger partial charge in [0, 0.05) is 50.6 Å². The predicted octanol–water partition coefficient (Wildman–Crippen LogP) is 10.5. The lowest BCUT2D eigenvalue weighted by Crippen LogP contribution is -2.55. The van der Waals surface area contributed by atoms with E-state index in [0.29, 0.717) is 49.2 Å². The molecule has 7 rings (SSSR count). The van der Waals surface area contributed by atoms with Crippen LogP contribution in [0.3, 0.4) is 0 Å². The molecule has 2 atom stereocenters. The number of likely N-dealkylation sites (tertiary alicyclic amines) is 1. The Labute approximate surface area is 382 Å². The molecule has 12 nitrogen and oxygen atoms in total. The number of fused-ring (bicyclic) bond motifs is 2. The van der Waals surface area contributed by atoms with E-state index >= 15 is 0 Å². The Bertz CT molecular complexity index is 2410. The van der Waals surface area contributed by atoms with Gasteiger partial charge in [0.05, 0.1) is 93.9 Å². The second-order valence-corrected chi connectivity index (χ2v) is 16.9. The zero-order valence-electron chi connectivity index (χ0n) is 38.7. The van der Waals surface area contributed by atoms with Crippen molar-refractivity contribution in [3.8, 4) is 34.5 Å². The molecule has 0 radical (unpaired) electrons. The molecule has 0 saturated carbocycles. The number of hydrogen-bond donors (Lipinski definition) is 0. The fourth-order valence-corrected chi connectivity index (χ4v) is 8.50. The molecule has 6 aromatic rings. The summed E-state index contributed by atoms with van der Waals surface area (Å²) in [5.74, 6) is 3.98. The number of para-hydroxylation sites is 1. The third-order valence-electron chi connectivity index (χ3n) is 11.5. The van der Waals surface area contributed by atoms with E-state index in [1.165, 1.54) is 0 Å². The normalized spacial score (nSPS) is 16.3. The summed E-state index contributed by atoms with van der Waals surface area (Å²) in [7, 11) is 8.28. The third kappa shape index (κ3) is 11.2. The van der Waals surface area contributed by atoms with E-state index < -0.39 is 23.9 Å². The lowest BCUT2D eigenvalue weighted by atomic mass is 9.84. The van der Waals surface area contributed by atoms with Crippen LogP contribution in [0.2, 0.25) is 0 Å². The molecule has 6 aromatic carbocycles. The topological polar surface area (TPSA) is 113 Å². The Hall–Kier alpha value is -6.21. The first kappa shape index (κ1) is 46.8. The van der Waals surface area contributed by atoms with Crippen LogP contribution in [-0.4, -0.2) is 90.7 Å². The Kier molecular flexibility index (Phi) is 15.6. The molecular formula is C53H61NO11. The van der Waals surface area contributed by atoms with Crippen LogP contribution in [0.4, 0.5) is 4.79 Å². The predicted molar refractivity (Wildman–Crippen MR) is 251 cm³/mol. The van der Waals surface area contributed by atoms with Crippen LogP contribution in [-0.2, 0) is 38.8 Å². The SMILES string of the molecule is COc1ccccc1COCCCOc1ccc(C2C(OCc3cc(OC)c4ccccc4c3OC)CN(C(=O)OC(C)(C)C)CC2OCc2cc(OC)c3ccccc3c2OC)cc1. The van der Waals surface area contributed by atoms with Gasteiger partial charge >= 0.3 is 6.09 Å². The van der Waals surface area contributed by atoms with Crippen molar-refractivity contribution >= 4 is 27.6 Å². The fraction of sp³-hybridized carbons (Fsp3) is 0.377. The molecule has 1 fully saturated rings. The lowest BCUT2D eigenvalue weighted by molar-refractivity contribution is -0.100. The third-order valence-corrected chi connectivity index (χ3v) is 11.5. The van der Waals surface area contributed by atoms with Crippen molar-refractivity contribution in [2.75, 3.05) is 61.9 Å². The number of rotatable bonds is 19. The van der Waals surface area contributed by atoms with Crippen LogP contribution < -0.4 is 28.4 Å². The number of methoxy groups -OCH3 is 5. The summed E-state index contributed by atoms with van der Waals surface area (Å²) in [6.07, 6.45) is -0.853. The quantitative estimate of drug-likeness (QED) is 0.0725. The molecule has 1 aliphatic heterocycles. The number of amides is 1. The van der Waals surface area contributed by atoms with Crippen LogP contribution >= 0.6 is 0 Å². The minimum atomic E-state index is -0.720. The maximum atomic E-state index is 14.0. The fourth-order valence-electron chi connectivity index (χ4n) is 8.50. The highest BCUT2D eigenvalue weighted by Crippen LogP contribution is 2.41. The molecule has 1 heterocycles. The summed E-state index contributed by atoms with van der Waals surface area (Å²) in [4.78, 5) is 15.6. The van der Waals surface area contributed by atoms with Crippen molar-refractivity contribution in [1.82, 2.24) is 4.90 Å². The molecule has 0 bridgehead atoms. The van der Waals surface area contributed by atoms with Gasteiger partial charge in [0.1, 0.15) is 40.1 Å². The van der Waals surface area contributed by atoms with Crippen LogP contribution in [0.1, 0.15) is 55.4 Å². The van der Waals surface area contributed by atoms with Crippen molar-refractivity contribution in [3.05, 3.63) is 131 Å². The summed E-state index contributed by atoms with van der Waals surface area (Å²) < 4.78 is 61.2. The second-order valence-electron chi connectivity index (χ2n) is 16.9. The number of benzene rings is 6. The molecule has 0 aromatic heterocycles. The van der Waals surface area contributed by atoms with Crippen LogP contribution in [0.25, 0.3) is 21.5 Å². The van der Waals surface area contributed by atoms with Crippen LogP contribution in [0, 0.1) is 0 Å². The highest BCUT2D eigenvalue weighted by molar-refractivity contribution is 5.95. The summed E-state index contributed by atoms with van der Waals surface area (Å²) in [6.45, 7) is 7.86. The van der Waals surface area contributed by atoms with Gasteiger partial charge in [-0.2, -0.15) is 0 Å². The molecule has 0 N–H and O–H groups in total. The number of carbonyl (C=O) groups excluding carboxylic acids is 1. The number of nitrogens with zero attached hydrogens (tertiary/aromatic N) is 1. The highest BCUT2D eigenvalue weighted by atomic mass is 16.6. The molecule has 0 spiro atoms. The number of piperidine rings is 1. The number of hydrogen-bond acceptors (Lipinski definition) is 11. The van der Waals surface area contributed by atoms with E-state index in [1.807, 2.05) is 130 Å². The second kappa shape index (κ2) is 21.6. The van der Waals surface area contributed by atoms with Gasteiger partial charge < -0.3 is 52.3 Å². The molecule has 65 heavy (non-hydrogen) atoms. The highest BCUT2D eigenvalue weighted by Gasteiger charge is 2.42. The van der Waals surface area contributed by atoms with E-state index in [4.69, 9.17) is 47.4 Å². The van der Waals surface area contributed by atoms with E-state index in [1.54, 1.807) is 40.4 Å². The van der Waals surface area contributed by atoms with E-state index in [9.17, 15) is 4.79 Å². The van der Waals surface area contributed by atoms with Gasteiger partial charge in [-0.1, -0.05) is 78.9 Å². The van der Waals surface area contributed by atoms with Crippen molar-refractivity contribution in [2.45, 2.75) is 70.7 Å². The number of carbonyl (C=O) groups is 1. The molecule has 1 amide bonds. The zero-order valence-corrected chi connectivity index (χ0v) is 38.7. The van der Waals surface area contributed by atoms with Gasteiger partial charge in [-0.05, 0) is 56.7 Å². The van der Waals surface area contributed by atoms with Gasteiger partial charge in [-0.3, -0.25) is 0 Å². The summed E-state index contributed by atoms with van der Waals surface area (Å²) >= 11 is 0. The van der Waals surface area contributed by atoms with Crippen molar-refractivity contribution in [3.63, 3.8) is 0 Å². The molecule has 2 unspecified atom stereocenters. The molecule has 12 heteroatoms. The molecular weight excluding hydrogens is 827 g/mol. The largest absolute Gasteiger partial charge is 0.496 e. The lowest BCUT2D eigenvalue weighted by Gasteiger charge is -2.44. The smallest absolute Gasteiger partial charge is 0.410 e. The molecule has 344 valence electrons. The van der Waals surface area contributed by atoms with Gasteiger partial charge in [-0.15, -0.1) is 0 Å². The minimum Gasteiger partial charge on any atom is -0.496 e. The maximum absolute atomic E-state index is 14.0.